The van der Waals surface area contributed by atoms with Crippen LogP contribution in [-0.4, -0.2) is 20.9 Å². The predicted octanol–water partition coefficient (Wildman–Crippen LogP) is -0.659. The lowest BCUT2D eigenvalue weighted by atomic mass is 10.2. The Labute approximate surface area is 93.7 Å². The van der Waals surface area contributed by atoms with Crippen LogP contribution in [0, 0.1) is 6.92 Å². The summed E-state index contributed by atoms with van der Waals surface area (Å²) in [5.74, 6) is -0.740. The first-order chi connectivity index (χ1) is 7.33. The van der Waals surface area contributed by atoms with Crippen molar-refractivity contribution in [3.63, 3.8) is 0 Å². The molecule has 0 unspecified atom stereocenters. The van der Waals surface area contributed by atoms with Gasteiger partial charge in [0.05, 0.1) is 11.4 Å². The van der Waals surface area contributed by atoms with Crippen molar-refractivity contribution in [3.05, 3.63) is 23.8 Å². The van der Waals surface area contributed by atoms with Crippen LogP contribution in [0.15, 0.2) is 23.1 Å². The largest absolute Gasteiger partial charge is 0.399 e. The van der Waals surface area contributed by atoms with Gasteiger partial charge in [0, 0.05) is 5.69 Å². The number of benzene rings is 1. The summed E-state index contributed by atoms with van der Waals surface area (Å²) in [6.45, 7) is 1.27. The second-order valence-electron chi connectivity index (χ2n) is 3.31. The van der Waals surface area contributed by atoms with Gasteiger partial charge in [0.25, 0.3) is 0 Å². The van der Waals surface area contributed by atoms with Crippen LogP contribution in [0.5, 0.6) is 0 Å². The van der Waals surface area contributed by atoms with E-state index in [1.54, 1.807) is 6.92 Å². The average Bonchev–Trinajstić information content (AvgIpc) is 2.19. The molecule has 0 aliphatic heterocycles. The van der Waals surface area contributed by atoms with Crippen molar-refractivity contribution < 1.29 is 13.2 Å². The summed E-state index contributed by atoms with van der Waals surface area (Å²) in [7, 11) is -3.70. The maximum Gasteiger partial charge on any atom is 0.241 e. The van der Waals surface area contributed by atoms with Crippen molar-refractivity contribution in [2.24, 2.45) is 5.73 Å². The van der Waals surface area contributed by atoms with Gasteiger partial charge in [-0.15, -0.1) is 0 Å². The van der Waals surface area contributed by atoms with Crippen LogP contribution >= 0.6 is 0 Å². The fourth-order valence-corrected chi connectivity index (χ4v) is 2.14. The van der Waals surface area contributed by atoms with E-state index in [9.17, 15) is 13.2 Å². The van der Waals surface area contributed by atoms with Crippen molar-refractivity contribution in [1.29, 1.82) is 0 Å². The Hall–Kier alpha value is -1.60. The standard InChI is InChI=1S/C9H13N3O3S/c1-6-4-7(2-3-8(6)10)16(14,15)12-5-9(11)13/h2-4,12H,5,10H2,1H3,(H2,11,13). The molecule has 0 aliphatic rings. The van der Waals surface area contributed by atoms with E-state index in [-0.39, 0.29) is 4.90 Å². The van der Waals surface area contributed by atoms with E-state index in [0.29, 0.717) is 11.3 Å². The number of sulfonamides is 1. The number of primary amides is 1. The molecule has 0 saturated carbocycles. The predicted molar refractivity (Wildman–Crippen MR) is 60.0 cm³/mol. The van der Waals surface area contributed by atoms with Crippen LogP contribution in [0.2, 0.25) is 0 Å². The van der Waals surface area contributed by atoms with Crippen LogP contribution in [0.3, 0.4) is 0 Å². The lowest BCUT2D eigenvalue weighted by Gasteiger charge is -2.07. The molecule has 0 bridgehead atoms. The van der Waals surface area contributed by atoms with E-state index in [4.69, 9.17) is 11.5 Å². The van der Waals surface area contributed by atoms with Gasteiger partial charge in [0.2, 0.25) is 15.9 Å². The fraction of sp³-hybridized carbons (Fsp3) is 0.222. The molecule has 1 aromatic rings. The minimum Gasteiger partial charge on any atom is -0.399 e. The highest BCUT2D eigenvalue weighted by molar-refractivity contribution is 7.89. The highest BCUT2D eigenvalue weighted by Gasteiger charge is 2.14. The molecular weight excluding hydrogens is 230 g/mol. The molecule has 0 saturated heterocycles. The Morgan fingerprint density at radius 2 is 2.06 bits per heavy atom. The summed E-state index contributed by atoms with van der Waals surface area (Å²) >= 11 is 0. The van der Waals surface area contributed by atoms with Gasteiger partial charge in [0.1, 0.15) is 0 Å². The van der Waals surface area contributed by atoms with Crippen molar-refractivity contribution in [3.8, 4) is 0 Å². The number of aryl methyl sites for hydroxylation is 1. The van der Waals surface area contributed by atoms with Crippen LogP contribution in [0.25, 0.3) is 0 Å². The summed E-state index contributed by atoms with van der Waals surface area (Å²) in [6, 6.07) is 4.29. The summed E-state index contributed by atoms with van der Waals surface area (Å²) in [5.41, 5.74) is 11.6. The summed E-state index contributed by atoms with van der Waals surface area (Å²) in [5, 5.41) is 0. The number of hydrogen-bond acceptors (Lipinski definition) is 4. The van der Waals surface area contributed by atoms with E-state index in [2.05, 4.69) is 4.72 Å². The van der Waals surface area contributed by atoms with Gasteiger partial charge in [-0.05, 0) is 30.7 Å². The van der Waals surface area contributed by atoms with Gasteiger partial charge in [-0.2, -0.15) is 0 Å². The van der Waals surface area contributed by atoms with Crippen molar-refractivity contribution in [2.45, 2.75) is 11.8 Å². The van der Waals surface area contributed by atoms with Crippen molar-refractivity contribution in [1.82, 2.24) is 4.72 Å². The number of carbonyl (C=O) groups excluding carboxylic acids is 1. The number of nitrogens with two attached hydrogens (primary N) is 2. The maximum absolute atomic E-state index is 11.6. The summed E-state index contributed by atoms with van der Waals surface area (Å²) < 4.78 is 25.4. The zero-order chi connectivity index (χ0) is 12.3. The zero-order valence-electron chi connectivity index (χ0n) is 8.73. The van der Waals surface area contributed by atoms with Gasteiger partial charge in [-0.25, -0.2) is 13.1 Å². The molecule has 0 atom stereocenters. The summed E-state index contributed by atoms with van der Waals surface area (Å²) in [4.78, 5) is 10.5. The van der Waals surface area contributed by atoms with E-state index < -0.39 is 22.5 Å². The molecule has 88 valence electrons. The Balaban J connectivity index is 2.99. The van der Waals surface area contributed by atoms with Gasteiger partial charge in [-0.1, -0.05) is 0 Å². The molecule has 0 spiro atoms. The van der Waals surface area contributed by atoms with Crippen LogP contribution in [0.4, 0.5) is 5.69 Å². The maximum atomic E-state index is 11.6. The average molecular weight is 243 g/mol. The van der Waals surface area contributed by atoms with E-state index >= 15 is 0 Å². The minimum absolute atomic E-state index is 0.0560. The number of nitrogens with one attached hydrogen (secondary N) is 1. The minimum atomic E-state index is -3.70. The molecule has 1 rings (SSSR count). The number of nitrogen functional groups attached to an aromatic ring is 1. The normalized spacial score (nSPS) is 11.3. The second kappa shape index (κ2) is 4.50. The first kappa shape index (κ1) is 12.5. The van der Waals surface area contributed by atoms with E-state index in [1.807, 2.05) is 0 Å². The smallest absolute Gasteiger partial charge is 0.241 e. The quantitative estimate of drug-likeness (QED) is 0.609. The van der Waals surface area contributed by atoms with Crippen molar-refractivity contribution in [2.75, 3.05) is 12.3 Å². The number of carbonyl (C=O) groups is 1. The van der Waals surface area contributed by atoms with Crippen LogP contribution < -0.4 is 16.2 Å². The molecular formula is C9H13N3O3S. The third-order valence-corrected chi connectivity index (χ3v) is 3.39. The van der Waals surface area contributed by atoms with Crippen LogP contribution in [-0.2, 0) is 14.8 Å². The molecule has 7 heteroatoms. The topological polar surface area (TPSA) is 115 Å². The van der Waals surface area contributed by atoms with E-state index in [1.165, 1.54) is 18.2 Å². The highest BCUT2D eigenvalue weighted by Crippen LogP contribution is 2.16. The lowest BCUT2D eigenvalue weighted by molar-refractivity contribution is -0.116. The number of hydrogen-bond donors (Lipinski definition) is 3. The summed E-state index contributed by atoms with van der Waals surface area (Å²) in [6.07, 6.45) is 0. The first-order valence-electron chi connectivity index (χ1n) is 4.47. The Morgan fingerprint density at radius 1 is 1.44 bits per heavy atom. The monoisotopic (exact) mass is 243 g/mol. The molecule has 0 aliphatic carbocycles. The molecule has 1 amide bonds. The number of rotatable bonds is 4. The van der Waals surface area contributed by atoms with Gasteiger partial charge in [0.15, 0.2) is 0 Å². The third kappa shape index (κ3) is 2.94. The molecule has 16 heavy (non-hydrogen) atoms. The van der Waals surface area contributed by atoms with Gasteiger partial charge in [-0.3, -0.25) is 4.79 Å². The molecule has 0 heterocycles. The molecule has 6 nitrogen and oxygen atoms in total. The van der Waals surface area contributed by atoms with Crippen molar-refractivity contribution >= 4 is 21.6 Å². The SMILES string of the molecule is Cc1cc(S(=O)(=O)NCC(N)=O)ccc1N. The molecule has 0 aromatic heterocycles. The molecule has 0 fully saturated rings. The Kier molecular flexibility index (Phi) is 3.51. The number of anilines is 1. The Bertz CT molecular complexity index is 511. The number of amides is 1. The second-order valence-corrected chi connectivity index (χ2v) is 5.08. The Morgan fingerprint density at radius 3 is 2.56 bits per heavy atom. The molecule has 0 radical (unpaired) electrons. The van der Waals surface area contributed by atoms with Gasteiger partial charge < -0.3 is 11.5 Å². The van der Waals surface area contributed by atoms with Gasteiger partial charge >= 0.3 is 0 Å². The van der Waals surface area contributed by atoms with E-state index in [0.717, 1.165) is 0 Å². The highest BCUT2D eigenvalue weighted by atomic mass is 32.2. The lowest BCUT2D eigenvalue weighted by Crippen LogP contribution is -2.33. The first-order valence-corrected chi connectivity index (χ1v) is 5.95. The zero-order valence-corrected chi connectivity index (χ0v) is 9.54. The molecule has 5 N–H and O–H groups in total. The fourth-order valence-electron chi connectivity index (χ4n) is 1.06. The third-order valence-electron chi connectivity index (χ3n) is 1.99. The van der Waals surface area contributed by atoms with Crippen LogP contribution in [0.1, 0.15) is 5.56 Å². The molecule has 1 aromatic carbocycles.